The number of piperidine rings is 1. The molecule has 36 heavy (non-hydrogen) atoms. The highest BCUT2D eigenvalue weighted by Gasteiger charge is 2.27. The number of fused-ring (bicyclic) bond motifs is 2. The number of hydrogen-bond acceptors (Lipinski definition) is 7. The number of imidazole rings is 1. The Morgan fingerprint density at radius 2 is 1.94 bits per heavy atom. The number of aromatic nitrogens is 4. The summed E-state index contributed by atoms with van der Waals surface area (Å²) >= 11 is 1.49. The van der Waals surface area contributed by atoms with Gasteiger partial charge < -0.3 is 15.0 Å². The molecular formula is C26H31FN6O2S. The van der Waals surface area contributed by atoms with Crippen molar-refractivity contribution in [1.82, 2.24) is 29.8 Å². The summed E-state index contributed by atoms with van der Waals surface area (Å²) < 4.78 is 23.0. The summed E-state index contributed by atoms with van der Waals surface area (Å²) in [4.78, 5) is 23.1. The maximum Gasteiger partial charge on any atom is 0.410 e. The lowest BCUT2D eigenvalue weighted by atomic mass is 10.1. The molecule has 0 spiro atoms. The van der Waals surface area contributed by atoms with Gasteiger partial charge in [-0.1, -0.05) is 0 Å². The van der Waals surface area contributed by atoms with E-state index in [0.29, 0.717) is 36.4 Å². The summed E-state index contributed by atoms with van der Waals surface area (Å²) in [6, 6.07) is 5.67. The number of amides is 1. The smallest absolute Gasteiger partial charge is 0.410 e. The summed E-state index contributed by atoms with van der Waals surface area (Å²) in [6.45, 7) is 11.4. The van der Waals surface area contributed by atoms with Gasteiger partial charge >= 0.3 is 6.09 Å². The van der Waals surface area contributed by atoms with Crippen LogP contribution in [-0.4, -0.2) is 55.3 Å². The highest BCUT2D eigenvalue weighted by Crippen LogP contribution is 2.31. The second-order valence-electron chi connectivity index (χ2n) is 10.4. The van der Waals surface area contributed by atoms with Gasteiger partial charge in [0.2, 0.25) is 0 Å². The predicted molar refractivity (Wildman–Crippen MR) is 139 cm³/mol. The van der Waals surface area contributed by atoms with E-state index in [1.54, 1.807) is 9.42 Å². The maximum absolute atomic E-state index is 15.0. The van der Waals surface area contributed by atoms with E-state index >= 15 is 4.39 Å². The number of carbonyl (C=O) groups excluding carboxylic acids is 1. The first kappa shape index (κ1) is 24.6. The number of nitrogens with zero attached hydrogens (tertiary/aromatic N) is 5. The lowest BCUT2D eigenvalue weighted by molar-refractivity contribution is 0.0198. The molecule has 1 saturated heterocycles. The number of nitrogens with one attached hydrogen (secondary N) is 1. The van der Waals surface area contributed by atoms with Crippen molar-refractivity contribution < 1.29 is 13.9 Å². The molecule has 1 amide bonds. The summed E-state index contributed by atoms with van der Waals surface area (Å²) in [5.74, 6) is -0.350. The van der Waals surface area contributed by atoms with Gasteiger partial charge in [0.15, 0.2) is 11.5 Å². The standard InChI is InChI=1S/C26H31FN6O2S/c1-15-10-20(31-33-14-16(2)29-24(15)33)17-11-19(27)23-21(12-17)36-22(30-23)13-28-18-6-8-32(9-7-18)25(34)35-26(3,4)5/h10-12,14,18,28H,6-9,13H2,1-5H3. The first-order valence-electron chi connectivity index (χ1n) is 12.2. The van der Waals surface area contributed by atoms with E-state index in [4.69, 9.17) is 4.74 Å². The summed E-state index contributed by atoms with van der Waals surface area (Å²) in [5.41, 5.74) is 3.99. The topological polar surface area (TPSA) is 84.7 Å². The number of hydrogen-bond donors (Lipinski definition) is 1. The second kappa shape index (κ2) is 9.40. The van der Waals surface area contributed by atoms with Crippen molar-refractivity contribution in [3.8, 4) is 11.3 Å². The fraction of sp³-hybridized carbons (Fsp3) is 0.462. The van der Waals surface area contributed by atoms with E-state index < -0.39 is 5.60 Å². The first-order valence-corrected chi connectivity index (χ1v) is 13.0. The van der Waals surface area contributed by atoms with Gasteiger partial charge in [-0.2, -0.15) is 5.10 Å². The normalized spacial score (nSPS) is 15.2. The molecule has 5 rings (SSSR count). The van der Waals surface area contributed by atoms with Crippen molar-refractivity contribution in [2.45, 2.75) is 65.6 Å². The molecule has 3 aromatic heterocycles. The number of aryl methyl sites for hydroxylation is 2. The van der Waals surface area contributed by atoms with E-state index in [2.05, 4.69) is 20.4 Å². The van der Waals surface area contributed by atoms with Gasteiger partial charge in [0.05, 0.1) is 22.3 Å². The Labute approximate surface area is 213 Å². The SMILES string of the molecule is Cc1cn2nc(-c3cc(F)c4nc(CNC5CCN(C(=O)OC(C)(C)C)CC5)sc4c3)cc(C)c2n1. The quantitative estimate of drug-likeness (QED) is 0.404. The van der Waals surface area contributed by atoms with Crippen molar-refractivity contribution >= 4 is 33.3 Å². The van der Waals surface area contributed by atoms with Crippen LogP contribution in [0.2, 0.25) is 0 Å². The van der Waals surface area contributed by atoms with Crippen molar-refractivity contribution in [2.24, 2.45) is 0 Å². The molecule has 0 saturated carbocycles. The first-order chi connectivity index (χ1) is 17.1. The maximum atomic E-state index is 15.0. The fourth-order valence-electron chi connectivity index (χ4n) is 4.47. The monoisotopic (exact) mass is 510 g/mol. The van der Waals surface area contributed by atoms with Crippen molar-refractivity contribution in [3.05, 3.63) is 46.5 Å². The number of benzene rings is 1. The van der Waals surface area contributed by atoms with Gasteiger partial charge in [-0.3, -0.25) is 0 Å². The van der Waals surface area contributed by atoms with Gasteiger partial charge in [0, 0.05) is 31.2 Å². The zero-order valence-electron chi connectivity index (χ0n) is 21.3. The van der Waals surface area contributed by atoms with Gasteiger partial charge in [0.1, 0.15) is 16.1 Å². The average molecular weight is 511 g/mol. The Kier molecular flexibility index (Phi) is 6.42. The minimum Gasteiger partial charge on any atom is -0.444 e. The third kappa shape index (κ3) is 5.19. The second-order valence-corrected chi connectivity index (χ2v) is 11.5. The number of ether oxygens (including phenoxy) is 1. The molecule has 190 valence electrons. The van der Waals surface area contributed by atoms with Crippen LogP contribution in [0.1, 0.15) is 49.9 Å². The molecule has 0 aliphatic carbocycles. The van der Waals surface area contributed by atoms with Crippen LogP contribution in [0.15, 0.2) is 24.4 Å². The van der Waals surface area contributed by atoms with E-state index in [1.165, 1.54) is 17.4 Å². The number of carbonyl (C=O) groups is 1. The average Bonchev–Trinajstić information content (AvgIpc) is 3.40. The van der Waals surface area contributed by atoms with Crippen molar-refractivity contribution in [3.63, 3.8) is 0 Å². The Morgan fingerprint density at radius 1 is 1.19 bits per heavy atom. The Morgan fingerprint density at radius 3 is 2.67 bits per heavy atom. The molecule has 4 aromatic rings. The zero-order valence-corrected chi connectivity index (χ0v) is 22.1. The molecular weight excluding hydrogens is 479 g/mol. The van der Waals surface area contributed by atoms with Crippen molar-refractivity contribution in [2.75, 3.05) is 13.1 Å². The molecule has 1 aromatic carbocycles. The summed E-state index contributed by atoms with van der Waals surface area (Å²) in [7, 11) is 0. The lowest BCUT2D eigenvalue weighted by Crippen LogP contribution is -2.46. The van der Waals surface area contributed by atoms with Crippen LogP contribution in [0.5, 0.6) is 0 Å². The van der Waals surface area contributed by atoms with Crippen LogP contribution in [-0.2, 0) is 11.3 Å². The van der Waals surface area contributed by atoms with Crippen molar-refractivity contribution in [1.29, 1.82) is 0 Å². The van der Waals surface area contributed by atoms with E-state index in [1.807, 2.05) is 52.9 Å². The molecule has 1 aliphatic rings. The summed E-state index contributed by atoms with van der Waals surface area (Å²) in [6.07, 6.45) is 3.29. The molecule has 1 fully saturated rings. The molecule has 4 heterocycles. The minimum absolute atomic E-state index is 0.259. The molecule has 10 heteroatoms. The third-order valence-electron chi connectivity index (χ3n) is 6.21. The van der Waals surface area contributed by atoms with Gasteiger partial charge in [-0.25, -0.2) is 23.7 Å². The van der Waals surface area contributed by atoms with Crippen LogP contribution in [0.25, 0.3) is 27.1 Å². The van der Waals surface area contributed by atoms with E-state index in [0.717, 1.165) is 39.5 Å². The van der Waals surface area contributed by atoms with Gasteiger partial charge in [0.25, 0.3) is 0 Å². The molecule has 1 N–H and O–H groups in total. The largest absolute Gasteiger partial charge is 0.444 e. The minimum atomic E-state index is -0.492. The van der Waals surface area contributed by atoms with Crippen LogP contribution in [0.3, 0.4) is 0 Å². The molecule has 0 bridgehead atoms. The predicted octanol–water partition coefficient (Wildman–Crippen LogP) is 5.25. The number of likely N-dealkylation sites (tertiary alicyclic amines) is 1. The Hall–Kier alpha value is -3.11. The highest BCUT2D eigenvalue weighted by molar-refractivity contribution is 7.18. The summed E-state index contributed by atoms with van der Waals surface area (Å²) in [5, 5.41) is 9.00. The van der Waals surface area contributed by atoms with Crippen LogP contribution < -0.4 is 5.32 Å². The fourth-order valence-corrected chi connectivity index (χ4v) is 5.44. The molecule has 0 unspecified atom stereocenters. The number of halogens is 1. The molecule has 8 nitrogen and oxygen atoms in total. The molecule has 0 radical (unpaired) electrons. The lowest BCUT2D eigenvalue weighted by Gasteiger charge is -2.33. The Bertz CT molecular complexity index is 1430. The number of rotatable bonds is 4. The molecule has 1 aliphatic heterocycles. The Balaban J connectivity index is 1.26. The van der Waals surface area contributed by atoms with Gasteiger partial charge in [-0.15, -0.1) is 11.3 Å². The molecule has 0 atom stereocenters. The highest BCUT2D eigenvalue weighted by atomic mass is 32.1. The van der Waals surface area contributed by atoms with Crippen LogP contribution in [0, 0.1) is 19.7 Å². The third-order valence-corrected chi connectivity index (χ3v) is 7.21. The van der Waals surface area contributed by atoms with Crippen LogP contribution in [0.4, 0.5) is 9.18 Å². The zero-order chi connectivity index (χ0) is 25.6. The van der Waals surface area contributed by atoms with E-state index in [9.17, 15) is 4.79 Å². The van der Waals surface area contributed by atoms with Crippen LogP contribution >= 0.6 is 11.3 Å². The number of thiazole rings is 1. The van der Waals surface area contributed by atoms with Gasteiger partial charge in [-0.05, 0) is 71.2 Å². The van der Waals surface area contributed by atoms with E-state index in [-0.39, 0.29) is 18.0 Å².